The summed E-state index contributed by atoms with van der Waals surface area (Å²) in [6.45, 7) is 4.12. The molecule has 1 saturated heterocycles. The van der Waals surface area contributed by atoms with Crippen molar-refractivity contribution in [1.29, 1.82) is 0 Å². The van der Waals surface area contributed by atoms with Gasteiger partial charge in [0.25, 0.3) is 0 Å². The molecule has 0 aromatic heterocycles. The molecular formula is C14H16F3NO5S. The number of nitrogens with zero attached hydrogens (tertiary/aromatic N) is 1. The molecule has 0 aliphatic carbocycles. The number of carbonyl (C=O) groups excluding carboxylic acids is 1. The van der Waals surface area contributed by atoms with Crippen molar-refractivity contribution in [2.24, 2.45) is 0 Å². The number of alkyl halides is 3. The van der Waals surface area contributed by atoms with Crippen LogP contribution in [-0.2, 0) is 25.4 Å². The third-order valence-electron chi connectivity index (χ3n) is 3.07. The van der Waals surface area contributed by atoms with Gasteiger partial charge in [-0.25, -0.2) is 4.79 Å². The Balaban J connectivity index is 2.40. The van der Waals surface area contributed by atoms with Crippen LogP contribution >= 0.6 is 0 Å². The van der Waals surface area contributed by atoms with Crippen LogP contribution < -0.4 is 0 Å². The molecule has 0 radical (unpaired) electrons. The molecule has 1 aromatic carbocycles. The molecule has 6 nitrogen and oxygen atoms in total. The van der Waals surface area contributed by atoms with Crippen LogP contribution in [0.3, 0.4) is 0 Å². The van der Waals surface area contributed by atoms with Crippen molar-refractivity contribution in [3.05, 3.63) is 35.4 Å². The van der Waals surface area contributed by atoms with Gasteiger partial charge in [0, 0.05) is 0 Å². The molecule has 1 heterocycles. The summed E-state index contributed by atoms with van der Waals surface area (Å²) in [6, 6.07) is 2.84. The molecule has 0 spiro atoms. The minimum Gasteiger partial charge on any atom is -0.443 e. The van der Waals surface area contributed by atoms with Gasteiger partial charge >= 0.3 is 22.6 Å². The Morgan fingerprint density at radius 2 is 1.92 bits per heavy atom. The number of halogens is 3. The summed E-state index contributed by atoms with van der Waals surface area (Å²) in [5, 5.41) is 0. The monoisotopic (exact) mass is 367 g/mol. The number of carbonyl (C=O) groups is 1. The average Bonchev–Trinajstić information content (AvgIpc) is 2.71. The molecule has 134 valence electrons. The van der Waals surface area contributed by atoms with E-state index in [-0.39, 0.29) is 5.56 Å². The van der Waals surface area contributed by atoms with Crippen molar-refractivity contribution < 1.29 is 35.3 Å². The number of hydrogen-bond donors (Lipinski definition) is 0. The lowest BCUT2D eigenvalue weighted by molar-refractivity contribution is -0.137. The smallest absolute Gasteiger partial charge is 0.426 e. The summed E-state index contributed by atoms with van der Waals surface area (Å²) >= 11 is 0. The van der Waals surface area contributed by atoms with Crippen molar-refractivity contribution in [2.45, 2.75) is 38.6 Å². The first-order valence-corrected chi connectivity index (χ1v) is 8.27. The molecule has 1 aliphatic heterocycles. The predicted octanol–water partition coefficient (Wildman–Crippen LogP) is 3.26. The van der Waals surface area contributed by atoms with Crippen LogP contribution in [0.15, 0.2) is 24.3 Å². The van der Waals surface area contributed by atoms with Crippen LogP contribution in [0.2, 0.25) is 0 Å². The maximum atomic E-state index is 12.8. The van der Waals surface area contributed by atoms with E-state index in [0.717, 1.165) is 18.2 Å². The van der Waals surface area contributed by atoms with E-state index < -0.39 is 46.4 Å². The molecule has 10 heteroatoms. The molecule has 0 saturated carbocycles. The van der Waals surface area contributed by atoms with Gasteiger partial charge in [-0.05, 0) is 38.5 Å². The van der Waals surface area contributed by atoms with Gasteiger partial charge in [0.1, 0.15) is 11.6 Å². The zero-order valence-electron chi connectivity index (χ0n) is 13.1. The highest BCUT2D eigenvalue weighted by molar-refractivity contribution is 7.85. The van der Waals surface area contributed by atoms with E-state index >= 15 is 0 Å². The summed E-state index contributed by atoms with van der Waals surface area (Å²) in [5.74, 6) is 0. The Kier molecular flexibility index (Phi) is 4.57. The lowest BCUT2D eigenvalue weighted by atomic mass is 10.0. The van der Waals surface area contributed by atoms with Crippen molar-refractivity contribution in [2.75, 3.05) is 6.61 Å². The summed E-state index contributed by atoms with van der Waals surface area (Å²) in [5.41, 5.74) is -1.95. The molecule has 1 unspecified atom stereocenters. The maximum absolute atomic E-state index is 12.8. The quantitative estimate of drug-likeness (QED) is 0.762. The zero-order chi connectivity index (χ0) is 18.3. The average molecular weight is 367 g/mol. The predicted molar refractivity (Wildman–Crippen MR) is 77.1 cm³/mol. The van der Waals surface area contributed by atoms with Crippen LogP contribution in [-0.4, -0.2) is 31.0 Å². The second-order valence-corrected chi connectivity index (χ2v) is 7.64. The van der Waals surface area contributed by atoms with E-state index in [1.807, 2.05) is 0 Å². The molecule has 24 heavy (non-hydrogen) atoms. The molecule has 1 atom stereocenters. The Bertz CT molecular complexity index is 740. The Morgan fingerprint density at radius 3 is 2.46 bits per heavy atom. The van der Waals surface area contributed by atoms with Crippen LogP contribution in [0.25, 0.3) is 0 Å². The number of benzene rings is 1. The lowest BCUT2D eigenvalue weighted by Gasteiger charge is -2.26. The van der Waals surface area contributed by atoms with Crippen molar-refractivity contribution in [3.8, 4) is 0 Å². The topological polar surface area (TPSA) is 72.9 Å². The van der Waals surface area contributed by atoms with Crippen LogP contribution in [0, 0.1) is 0 Å². The number of hydrogen-bond acceptors (Lipinski definition) is 5. The second kappa shape index (κ2) is 5.92. The second-order valence-electron chi connectivity index (χ2n) is 6.16. The summed E-state index contributed by atoms with van der Waals surface area (Å²) < 4.78 is 72.3. The van der Waals surface area contributed by atoms with Gasteiger partial charge in [-0.3, -0.25) is 4.18 Å². The van der Waals surface area contributed by atoms with Gasteiger partial charge in [-0.15, -0.1) is 0 Å². The largest absolute Gasteiger partial charge is 0.443 e. The molecule has 1 fully saturated rings. The minimum atomic E-state index is -4.59. The molecule has 1 aromatic rings. The molecule has 1 aliphatic rings. The molecule has 2 rings (SSSR count). The highest BCUT2D eigenvalue weighted by atomic mass is 32.2. The Labute approximate surface area is 137 Å². The summed E-state index contributed by atoms with van der Waals surface area (Å²) in [6.07, 6.45) is -5.80. The van der Waals surface area contributed by atoms with E-state index in [0.29, 0.717) is 4.31 Å². The molecule has 0 bridgehead atoms. The number of ether oxygens (including phenoxy) is 1. The summed E-state index contributed by atoms with van der Waals surface area (Å²) in [7, 11) is -4.43. The molecular weight excluding hydrogens is 351 g/mol. The first-order chi connectivity index (χ1) is 10.8. The van der Waals surface area contributed by atoms with Gasteiger partial charge in [0.15, 0.2) is 0 Å². The first kappa shape index (κ1) is 18.5. The van der Waals surface area contributed by atoms with Crippen molar-refractivity contribution >= 4 is 16.4 Å². The van der Waals surface area contributed by atoms with Gasteiger partial charge in [-0.1, -0.05) is 12.1 Å². The Hall–Kier alpha value is -1.81. The maximum Gasteiger partial charge on any atom is 0.426 e. The van der Waals surface area contributed by atoms with E-state index in [9.17, 15) is 26.4 Å². The van der Waals surface area contributed by atoms with E-state index in [4.69, 9.17) is 4.74 Å². The zero-order valence-corrected chi connectivity index (χ0v) is 13.9. The van der Waals surface area contributed by atoms with Crippen LogP contribution in [0.5, 0.6) is 0 Å². The van der Waals surface area contributed by atoms with Gasteiger partial charge in [0.2, 0.25) is 0 Å². The third kappa shape index (κ3) is 3.99. The molecule has 1 amide bonds. The fourth-order valence-corrected chi connectivity index (χ4v) is 3.24. The van der Waals surface area contributed by atoms with Crippen LogP contribution in [0.4, 0.5) is 18.0 Å². The summed E-state index contributed by atoms with van der Waals surface area (Å²) in [4.78, 5) is 12.2. The minimum absolute atomic E-state index is 0.0169. The van der Waals surface area contributed by atoms with E-state index in [1.165, 1.54) is 26.8 Å². The van der Waals surface area contributed by atoms with Gasteiger partial charge in [0.05, 0.1) is 12.2 Å². The molecule has 0 N–H and O–H groups in total. The van der Waals surface area contributed by atoms with Crippen LogP contribution in [0.1, 0.15) is 37.9 Å². The first-order valence-electron chi connectivity index (χ1n) is 6.90. The number of rotatable bonds is 1. The lowest BCUT2D eigenvalue weighted by Crippen LogP contribution is -2.39. The number of amides is 1. The Morgan fingerprint density at radius 1 is 1.29 bits per heavy atom. The standard InChI is InChI=1S/C14H16F3NO5S/c1-13(2,3)23-12(19)18-11(8-22-24(18,20)21)9-5-4-6-10(7-9)14(15,16)17/h4-7,11H,8H2,1-3H3. The van der Waals surface area contributed by atoms with Gasteiger partial charge < -0.3 is 4.74 Å². The normalized spacial score (nSPS) is 20.9. The van der Waals surface area contributed by atoms with Gasteiger partial charge in [-0.2, -0.15) is 25.9 Å². The van der Waals surface area contributed by atoms with Crippen molar-refractivity contribution in [1.82, 2.24) is 4.31 Å². The van der Waals surface area contributed by atoms with E-state index in [1.54, 1.807) is 0 Å². The SMILES string of the molecule is CC(C)(C)OC(=O)N1C(c2cccc(C(F)(F)F)c2)COS1(=O)=O. The highest BCUT2D eigenvalue weighted by Gasteiger charge is 2.46. The van der Waals surface area contributed by atoms with Crippen molar-refractivity contribution in [3.63, 3.8) is 0 Å². The fraction of sp³-hybridized carbons (Fsp3) is 0.500. The highest BCUT2D eigenvalue weighted by Crippen LogP contribution is 2.36. The van der Waals surface area contributed by atoms with E-state index in [2.05, 4.69) is 4.18 Å². The fourth-order valence-electron chi connectivity index (χ4n) is 2.11. The third-order valence-corrected chi connectivity index (χ3v) is 4.39.